The van der Waals surface area contributed by atoms with Crippen LogP contribution in [-0.2, 0) is 5.92 Å². The first-order valence-corrected chi connectivity index (χ1v) is 8.83. The van der Waals surface area contributed by atoms with E-state index in [0.717, 1.165) is 6.20 Å². The van der Waals surface area contributed by atoms with Gasteiger partial charge < -0.3 is 10.2 Å². The molecule has 0 radical (unpaired) electrons. The smallest absolute Gasteiger partial charge is 0.349 e. The molecule has 160 valence electrons. The molecule has 0 aliphatic heterocycles. The summed E-state index contributed by atoms with van der Waals surface area (Å²) in [5, 5.41) is 5.76. The van der Waals surface area contributed by atoms with Crippen molar-refractivity contribution in [1.82, 2.24) is 25.0 Å². The molecule has 0 aliphatic carbocycles. The van der Waals surface area contributed by atoms with Crippen LogP contribution in [0.15, 0.2) is 24.5 Å². The van der Waals surface area contributed by atoms with Crippen molar-refractivity contribution in [1.29, 1.82) is 0 Å². The van der Waals surface area contributed by atoms with Crippen LogP contribution in [0.2, 0.25) is 5.02 Å². The van der Waals surface area contributed by atoms with E-state index in [0.29, 0.717) is 19.2 Å². The first kappa shape index (κ1) is 23.0. The minimum Gasteiger partial charge on any atom is -0.349 e. The molecule has 2 rings (SSSR count). The Balaban J connectivity index is 2.51. The van der Waals surface area contributed by atoms with E-state index < -0.39 is 41.1 Å². The lowest BCUT2D eigenvalue weighted by molar-refractivity contribution is -0.291. The maximum absolute atomic E-state index is 14.3. The van der Waals surface area contributed by atoms with Gasteiger partial charge in [-0.1, -0.05) is 11.6 Å². The van der Waals surface area contributed by atoms with E-state index in [4.69, 9.17) is 11.6 Å². The summed E-state index contributed by atoms with van der Waals surface area (Å²) < 4.78 is 68.3. The molecule has 1 unspecified atom stereocenters. The van der Waals surface area contributed by atoms with Gasteiger partial charge in [0.2, 0.25) is 0 Å². The lowest BCUT2D eigenvalue weighted by atomic mass is 10.1. The zero-order chi connectivity index (χ0) is 22.0. The van der Waals surface area contributed by atoms with Crippen LogP contribution in [0.1, 0.15) is 29.4 Å². The highest BCUT2D eigenvalue weighted by Crippen LogP contribution is 2.45. The zero-order valence-electron chi connectivity index (χ0n) is 15.8. The van der Waals surface area contributed by atoms with Gasteiger partial charge in [-0.25, -0.2) is 9.67 Å². The number of carbonyl (C=O) groups excluding carboxylic acids is 1. The number of rotatable bonds is 7. The lowest BCUT2D eigenvalue weighted by Gasteiger charge is -2.22. The van der Waals surface area contributed by atoms with Crippen LogP contribution in [0.3, 0.4) is 0 Å². The fraction of sp³-hybridized carbons (Fsp3) is 0.471. The van der Waals surface area contributed by atoms with Crippen molar-refractivity contribution in [2.24, 2.45) is 0 Å². The van der Waals surface area contributed by atoms with E-state index in [1.807, 2.05) is 4.90 Å². The lowest BCUT2D eigenvalue weighted by Crippen LogP contribution is -2.40. The number of halogens is 6. The van der Waals surface area contributed by atoms with Gasteiger partial charge in [-0.15, -0.1) is 0 Å². The summed E-state index contributed by atoms with van der Waals surface area (Å²) in [4.78, 5) is 18.0. The number of hydrogen-bond acceptors (Lipinski definition) is 4. The van der Waals surface area contributed by atoms with E-state index in [1.54, 1.807) is 21.0 Å². The Kier molecular flexibility index (Phi) is 6.84. The number of nitrogens with zero attached hydrogens (tertiary/aromatic N) is 4. The molecule has 2 heterocycles. The summed E-state index contributed by atoms with van der Waals surface area (Å²) in [6, 6.07) is 2.15. The average molecular weight is 440 g/mol. The van der Waals surface area contributed by atoms with Crippen LogP contribution in [0.5, 0.6) is 0 Å². The second kappa shape index (κ2) is 8.62. The molecule has 0 bridgehead atoms. The summed E-state index contributed by atoms with van der Waals surface area (Å²) in [6.45, 7) is 2.19. The van der Waals surface area contributed by atoms with Crippen LogP contribution in [0.25, 0.3) is 5.82 Å². The van der Waals surface area contributed by atoms with Crippen LogP contribution in [0, 0.1) is 0 Å². The Morgan fingerprint density at radius 3 is 2.52 bits per heavy atom. The number of hydrogen-bond donors (Lipinski definition) is 1. The highest BCUT2D eigenvalue weighted by atomic mass is 35.5. The predicted molar refractivity (Wildman–Crippen MR) is 96.4 cm³/mol. The van der Waals surface area contributed by atoms with Crippen molar-refractivity contribution in [3.63, 3.8) is 0 Å². The van der Waals surface area contributed by atoms with Crippen molar-refractivity contribution in [3.05, 3.63) is 40.8 Å². The number of pyridine rings is 1. The molecule has 1 amide bonds. The van der Waals surface area contributed by atoms with E-state index in [9.17, 15) is 26.7 Å². The van der Waals surface area contributed by atoms with Gasteiger partial charge >= 0.3 is 12.1 Å². The highest BCUT2D eigenvalue weighted by Gasteiger charge is 2.62. The highest BCUT2D eigenvalue weighted by molar-refractivity contribution is 6.32. The van der Waals surface area contributed by atoms with Gasteiger partial charge in [-0.05, 0) is 46.1 Å². The number of carbonyl (C=O) groups is 1. The molecule has 2 aromatic heterocycles. The molecule has 0 aliphatic rings. The van der Waals surface area contributed by atoms with Crippen LogP contribution < -0.4 is 5.32 Å². The molecule has 2 aromatic rings. The maximum Gasteiger partial charge on any atom is 0.459 e. The van der Waals surface area contributed by atoms with Crippen LogP contribution in [-0.4, -0.2) is 58.4 Å². The van der Waals surface area contributed by atoms with Crippen molar-refractivity contribution < 1.29 is 26.7 Å². The third-order valence-corrected chi connectivity index (χ3v) is 4.29. The van der Waals surface area contributed by atoms with Crippen LogP contribution in [0.4, 0.5) is 22.0 Å². The summed E-state index contributed by atoms with van der Waals surface area (Å²) in [7, 11) is 3.61. The molecule has 0 aromatic carbocycles. The Morgan fingerprint density at radius 2 is 1.97 bits per heavy atom. The van der Waals surface area contributed by atoms with Gasteiger partial charge in [-0.3, -0.25) is 4.79 Å². The number of nitrogens with one attached hydrogen (secondary N) is 1. The van der Waals surface area contributed by atoms with E-state index in [-0.39, 0.29) is 9.70 Å². The van der Waals surface area contributed by atoms with Crippen LogP contribution >= 0.6 is 11.6 Å². The van der Waals surface area contributed by atoms with E-state index >= 15 is 0 Å². The SMILES string of the molecule is CC(CCN(C)C)NC(=O)c1cnn(-c2ncccc2Cl)c1C(F)(F)C(F)(F)F. The largest absolute Gasteiger partial charge is 0.459 e. The molecule has 29 heavy (non-hydrogen) atoms. The molecular weight excluding hydrogens is 421 g/mol. The number of aromatic nitrogens is 3. The minimum absolute atomic E-state index is 0.207. The van der Waals surface area contributed by atoms with Gasteiger partial charge in [0.15, 0.2) is 5.82 Å². The molecule has 0 saturated carbocycles. The van der Waals surface area contributed by atoms with Crippen molar-refractivity contribution >= 4 is 17.5 Å². The zero-order valence-corrected chi connectivity index (χ0v) is 16.5. The Labute approximate surface area is 168 Å². The Bertz CT molecular complexity index is 868. The Hall–Kier alpha value is -2.27. The molecule has 1 atom stereocenters. The summed E-state index contributed by atoms with van der Waals surface area (Å²) >= 11 is 5.88. The fourth-order valence-electron chi connectivity index (χ4n) is 2.47. The standard InChI is InChI=1S/C17H19ClF5N5O/c1-10(6-8-27(2)3)26-15(29)11-9-25-28(14-12(18)5-4-7-24-14)13(11)16(19,20)17(21,22)23/h4-5,7,9-10H,6,8H2,1-3H3,(H,26,29). The second-order valence-corrected chi connectivity index (χ2v) is 7.07. The summed E-state index contributed by atoms with van der Waals surface area (Å²) in [6.07, 6.45) is -3.70. The molecule has 0 saturated heterocycles. The topological polar surface area (TPSA) is 63.1 Å². The fourth-order valence-corrected chi connectivity index (χ4v) is 2.67. The maximum atomic E-state index is 14.3. The molecule has 12 heteroatoms. The van der Waals surface area contributed by atoms with Gasteiger partial charge in [0.1, 0.15) is 5.69 Å². The Morgan fingerprint density at radius 1 is 1.31 bits per heavy atom. The second-order valence-electron chi connectivity index (χ2n) is 6.67. The summed E-state index contributed by atoms with van der Waals surface area (Å²) in [5.41, 5.74) is -2.56. The number of alkyl halides is 5. The first-order valence-electron chi connectivity index (χ1n) is 8.45. The van der Waals surface area contributed by atoms with Crippen molar-refractivity contribution in [2.75, 3.05) is 20.6 Å². The molecule has 0 spiro atoms. The normalized spacial score (nSPS) is 13.6. The molecular formula is C17H19ClF5N5O. The monoisotopic (exact) mass is 439 g/mol. The number of amides is 1. The van der Waals surface area contributed by atoms with Gasteiger partial charge in [0.25, 0.3) is 5.91 Å². The van der Waals surface area contributed by atoms with Gasteiger partial charge in [0, 0.05) is 12.2 Å². The third-order valence-electron chi connectivity index (χ3n) is 3.99. The molecule has 1 N–H and O–H groups in total. The first-order chi connectivity index (χ1) is 13.4. The van der Waals surface area contributed by atoms with Crippen molar-refractivity contribution in [2.45, 2.75) is 31.5 Å². The van der Waals surface area contributed by atoms with E-state index in [1.165, 1.54) is 12.1 Å². The van der Waals surface area contributed by atoms with Crippen molar-refractivity contribution in [3.8, 4) is 5.82 Å². The minimum atomic E-state index is -5.96. The van der Waals surface area contributed by atoms with E-state index in [2.05, 4.69) is 15.4 Å². The average Bonchev–Trinajstić information content (AvgIpc) is 3.05. The molecule has 0 fully saturated rings. The quantitative estimate of drug-likeness (QED) is 0.669. The third kappa shape index (κ3) is 5.02. The predicted octanol–water partition coefficient (Wildman–Crippen LogP) is 3.64. The summed E-state index contributed by atoms with van der Waals surface area (Å²) in [5.74, 6) is -6.93. The van der Waals surface area contributed by atoms with Gasteiger partial charge in [0.05, 0.1) is 16.8 Å². The molecule has 6 nitrogen and oxygen atoms in total. The van der Waals surface area contributed by atoms with Gasteiger partial charge in [-0.2, -0.15) is 27.1 Å².